The quantitative estimate of drug-likeness (QED) is 0.863. The molecule has 0 radical (unpaired) electrons. The highest BCUT2D eigenvalue weighted by atomic mass is 35.5. The summed E-state index contributed by atoms with van der Waals surface area (Å²) < 4.78 is 27.0. The predicted molar refractivity (Wildman–Crippen MR) is 101 cm³/mol. The number of nitrogens with zero attached hydrogens (tertiary/aromatic N) is 2. The van der Waals surface area contributed by atoms with Crippen LogP contribution in [0.3, 0.4) is 0 Å². The van der Waals surface area contributed by atoms with Crippen LogP contribution in [0.1, 0.15) is 30.3 Å². The molecule has 1 N–H and O–H groups in total. The van der Waals surface area contributed by atoms with E-state index in [9.17, 15) is 13.2 Å². The molecule has 0 aliphatic carbocycles. The Morgan fingerprint density at radius 3 is 2.65 bits per heavy atom. The summed E-state index contributed by atoms with van der Waals surface area (Å²) in [6.45, 7) is 3.15. The number of aromatic nitrogens is 1. The molecule has 138 valence electrons. The zero-order chi connectivity index (χ0) is 18.7. The second kappa shape index (κ2) is 7.73. The van der Waals surface area contributed by atoms with Gasteiger partial charge in [0.25, 0.3) is 5.91 Å². The molecule has 1 saturated heterocycles. The lowest BCUT2D eigenvalue weighted by molar-refractivity contribution is 0.102. The second-order valence-corrected chi connectivity index (χ2v) is 8.82. The molecule has 1 aliphatic rings. The van der Waals surface area contributed by atoms with Crippen molar-refractivity contribution in [2.75, 3.05) is 18.4 Å². The summed E-state index contributed by atoms with van der Waals surface area (Å²) in [6, 6.07) is 9.21. The van der Waals surface area contributed by atoms with Gasteiger partial charge < -0.3 is 5.32 Å². The number of pyridine rings is 1. The number of carbonyl (C=O) groups is 1. The van der Waals surface area contributed by atoms with Gasteiger partial charge in [-0.3, -0.25) is 9.78 Å². The van der Waals surface area contributed by atoms with E-state index in [-0.39, 0.29) is 10.6 Å². The normalized spacial score (nSPS) is 18.5. The number of sulfonamides is 1. The first-order valence-corrected chi connectivity index (χ1v) is 10.2. The molecule has 2 heterocycles. The average Bonchev–Trinajstić information content (AvgIpc) is 2.62. The fraction of sp³-hybridized carbons (Fsp3) is 0.333. The molecule has 1 atom stereocenters. The van der Waals surface area contributed by atoms with Crippen molar-refractivity contribution in [3.05, 3.63) is 53.3 Å². The largest absolute Gasteiger partial charge is 0.321 e. The monoisotopic (exact) mass is 393 g/mol. The van der Waals surface area contributed by atoms with Crippen LogP contribution in [0.25, 0.3) is 0 Å². The lowest BCUT2D eigenvalue weighted by Gasteiger charge is -2.30. The molecular weight excluding hydrogens is 374 g/mol. The van der Waals surface area contributed by atoms with Gasteiger partial charge in [0, 0.05) is 30.0 Å². The lowest BCUT2D eigenvalue weighted by atomic mass is 10.0. The van der Waals surface area contributed by atoms with Crippen molar-refractivity contribution >= 4 is 33.2 Å². The van der Waals surface area contributed by atoms with E-state index in [1.165, 1.54) is 28.7 Å². The van der Waals surface area contributed by atoms with Gasteiger partial charge in [0.1, 0.15) is 5.69 Å². The molecule has 1 fully saturated rings. The number of halogens is 1. The van der Waals surface area contributed by atoms with E-state index < -0.39 is 15.9 Å². The van der Waals surface area contributed by atoms with Crippen molar-refractivity contribution in [3.8, 4) is 0 Å². The summed E-state index contributed by atoms with van der Waals surface area (Å²) in [5.74, 6) is -0.0461. The summed E-state index contributed by atoms with van der Waals surface area (Å²) in [6.07, 6.45) is 3.38. The first kappa shape index (κ1) is 18.8. The van der Waals surface area contributed by atoms with Gasteiger partial charge in [-0.15, -0.1) is 0 Å². The van der Waals surface area contributed by atoms with E-state index >= 15 is 0 Å². The zero-order valence-electron chi connectivity index (χ0n) is 14.4. The van der Waals surface area contributed by atoms with Crippen LogP contribution >= 0.6 is 11.6 Å². The van der Waals surface area contributed by atoms with Gasteiger partial charge in [0.2, 0.25) is 10.0 Å². The molecule has 6 nitrogen and oxygen atoms in total. The molecule has 1 aromatic carbocycles. The lowest BCUT2D eigenvalue weighted by Crippen LogP contribution is -2.39. The highest BCUT2D eigenvalue weighted by molar-refractivity contribution is 7.89. The van der Waals surface area contributed by atoms with E-state index in [1.54, 1.807) is 18.2 Å². The van der Waals surface area contributed by atoms with Crippen LogP contribution in [0.5, 0.6) is 0 Å². The Morgan fingerprint density at radius 1 is 1.27 bits per heavy atom. The van der Waals surface area contributed by atoms with Gasteiger partial charge in [0.05, 0.1) is 4.90 Å². The van der Waals surface area contributed by atoms with Crippen molar-refractivity contribution in [2.24, 2.45) is 5.92 Å². The van der Waals surface area contributed by atoms with Crippen LogP contribution < -0.4 is 5.32 Å². The number of piperidine rings is 1. The minimum Gasteiger partial charge on any atom is -0.321 e. The molecule has 0 bridgehead atoms. The third kappa shape index (κ3) is 4.23. The van der Waals surface area contributed by atoms with Gasteiger partial charge in [-0.05, 0) is 55.2 Å². The SMILES string of the molecule is CC1CCCN(S(=O)(=O)c2ccc(NC(=O)c3cc(Cl)ccn3)cc2)C1. The Balaban J connectivity index is 1.73. The number of carbonyl (C=O) groups excluding carboxylic acids is 1. The minimum absolute atomic E-state index is 0.191. The second-order valence-electron chi connectivity index (χ2n) is 6.45. The van der Waals surface area contributed by atoms with E-state index in [4.69, 9.17) is 11.6 Å². The third-order valence-corrected chi connectivity index (χ3v) is 6.44. The van der Waals surface area contributed by atoms with Crippen LogP contribution in [0.2, 0.25) is 5.02 Å². The molecule has 1 aromatic heterocycles. The van der Waals surface area contributed by atoms with Crippen molar-refractivity contribution in [1.29, 1.82) is 0 Å². The number of hydrogen-bond acceptors (Lipinski definition) is 4. The minimum atomic E-state index is -3.51. The maximum atomic E-state index is 12.7. The topological polar surface area (TPSA) is 79.4 Å². The Bertz CT molecular complexity index is 900. The van der Waals surface area contributed by atoms with Gasteiger partial charge in [-0.2, -0.15) is 4.31 Å². The molecule has 1 amide bonds. The smallest absolute Gasteiger partial charge is 0.274 e. The van der Waals surface area contributed by atoms with E-state index in [1.807, 2.05) is 0 Å². The number of amides is 1. The highest BCUT2D eigenvalue weighted by Crippen LogP contribution is 2.24. The average molecular weight is 394 g/mol. The molecule has 2 aromatic rings. The molecule has 0 saturated carbocycles. The van der Waals surface area contributed by atoms with Crippen LogP contribution in [0, 0.1) is 5.92 Å². The summed E-state index contributed by atoms with van der Waals surface area (Å²) in [5.41, 5.74) is 0.680. The van der Waals surface area contributed by atoms with Crippen molar-refractivity contribution in [1.82, 2.24) is 9.29 Å². The fourth-order valence-corrected chi connectivity index (χ4v) is 4.71. The predicted octanol–water partition coefficient (Wildman–Crippen LogP) is 3.41. The number of rotatable bonds is 4. The zero-order valence-corrected chi connectivity index (χ0v) is 15.9. The van der Waals surface area contributed by atoms with Crippen LogP contribution in [-0.4, -0.2) is 36.7 Å². The standard InChI is InChI=1S/C18H20ClN3O3S/c1-13-3-2-10-22(12-13)26(24,25)16-6-4-15(5-7-16)21-18(23)17-11-14(19)8-9-20-17/h4-9,11,13H,2-3,10,12H2,1H3,(H,21,23). The summed E-state index contributed by atoms with van der Waals surface area (Å²) in [7, 11) is -3.51. The number of anilines is 1. The van der Waals surface area contributed by atoms with E-state index in [0.717, 1.165) is 12.8 Å². The maximum absolute atomic E-state index is 12.7. The van der Waals surface area contributed by atoms with Crippen LogP contribution in [-0.2, 0) is 10.0 Å². The molecule has 0 spiro atoms. The first-order chi connectivity index (χ1) is 12.4. The third-order valence-electron chi connectivity index (χ3n) is 4.32. The summed E-state index contributed by atoms with van der Waals surface area (Å²) in [4.78, 5) is 16.4. The van der Waals surface area contributed by atoms with Gasteiger partial charge in [0.15, 0.2) is 0 Å². The van der Waals surface area contributed by atoms with Crippen molar-refractivity contribution in [3.63, 3.8) is 0 Å². The Morgan fingerprint density at radius 2 is 2.00 bits per heavy atom. The first-order valence-electron chi connectivity index (χ1n) is 8.39. The van der Waals surface area contributed by atoms with Crippen molar-refractivity contribution < 1.29 is 13.2 Å². The van der Waals surface area contributed by atoms with Crippen LogP contribution in [0.4, 0.5) is 5.69 Å². The van der Waals surface area contributed by atoms with Gasteiger partial charge >= 0.3 is 0 Å². The molecule has 1 unspecified atom stereocenters. The Kier molecular flexibility index (Phi) is 5.60. The maximum Gasteiger partial charge on any atom is 0.274 e. The van der Waals surface area contributed by atoms with Crippen molar-refractivity contribution in [2.45, 2.75) is 24.7 Å². The molecular formula is C18H20ClN3O3S. The van der Waals surface area contributed by atoms with E-state index in [0.29, 0.717) is 29.7 Å². The fourth-order valence-electron chi connectivity index (χ4n) is 2.95. The summed E-state index contributed by atoms with van der Waals surface area (Å²) >= 11 is 5.86. The number of nitrogens with one attached hydrogen (secondary N) is 1. The summed E-state index contributed by atoms with van der Waals surface area (Å²) in [5, 5.41) is 3.10. The number of hydrogen-bond donors (Lipinski definition) is 1. The Labute approximate surface area is 158 Å². The highest BCUT2D eigenvalue weighted by Gasteiger charge is 2.28. The van der Waals surface area contributed by atoms with Crippen LogP contribution in [0.15, 0.2) is 47.5 Å². The molecule has 8 heteroatoms. The Hall–Kier alpha value is -1.96. The van der Waals surface area contributed by atoms with Gasteiger partial charge in [-0.1, -0.05) is 18.5 Å². The molecule has 1 aliphatic heterocycles. The molecule has 26 heavy (non-hydrogen) atoms. The number of benzene rings is 1. The molecule has 3 rings (SSSR count). The van der Waals surface area contributed by atoms with Gasteiger partial charge in [-0.25, -0.2) is 8.42 Å². The van der Waals surface area contributed by atoms with E-state index in [2.05, 4.69) is 17.2 Å².